The molecule has 0 heterocycles. The maximum absolute atomic E-state index is 12.8. The molecule has 0 saturated heterocycles. The van der Waals surface area contributed by atoms with Crippen LogP contribution in [0.3, 0.4) is 0 Å². The van der Waals surface area contributed by atoms with Crippen molar-refractivity contribution in [2.75, 3.05) is 5.32 Å². The van der Waals surface area contributed by atoms with Crippen LogP contribution in [0.5, 0.6) is 5.75 Å². The monoisotopic (exact) mass is 387 g/mol. The molecule has 2 aromatic rings. The van der Waals surface area contributed by atoms with Crippen LogP contribution >= 0.6 is 31.9 Å². The number of benzene rings is 2. The number of anilines is 1. The van der Waals surface area contributed by atoms with Gasteiger partial charge in [-0.1, -0.05) is 15.9 Å². The predicted octanol–water partition coefficient (Wildman–Crippen LogP) is 4.31. The van der Waals surface area contributed by atoms with Crippen molar-refractivity contribution >= 4 is 43.5 Å². The third kappa shape index (κ3) is 3.33. The molecule has 2 N–H and O–H groups in total. The molecule has 2 aromatic carbocycles. The van der Waals surface area contributed by atoms with E-state index in [1.54, 1.807) is 12.1 Å². The normalized spacial score (nSPS) is 10.3. The highest BCUT2D eigenvalue weighted by atomic mass is 79.9. The fraction of sp³-hybridized carbons (Fsp3) is 0. The second-order valence-electron chi connectivity index (χ2n) is 3.74. The number of phenols is 1. The molecule has 0 aromatic heterocycles. The summed E-state index contributed by atoms with van der Waals surface area (Å²) in [5.41, 5.74) is 0.552. The maximum Gasteiger partial charge on any atom is 0.259 e. The van der Waals surface area contributed by atoms with E-state index in [1.807, 2.05) is 6.07 Å². The zero-order chi connectivity index (χ0) is 14.0. The Morgan fingerprint density at radius 3 is 2.58 bits per heavy atom. The molecule has 0 spiro atoms. The first kappa shape index (κ1) is 14.0. The van der Waals surface area contributed by atoms with Crippen molar-refractivity contribution in [2.45, 2.75) is 0 Å². The summed E-state index contributed by atoms with van der Waals surface area (Å²) >= 11 is 6.60. The number of carbonyl (C=O) groups is 1. The molecule has 0 aliphatic heterocycles. The van der Waals surface area contributed by atoms with Gasteiger partial charge in [-0.25, -0.2) is 4.39 Å². The van der Waals surface area contributed by atoms with Gasteiger partial charge in [-0.15, -0.1) is 0 Å². The van der Waals surface area contributed by atoms with Crippen molar-refractivity contribution < 1.29 is 14.3 Å². The number of aromatic hydroxyl groups is 1. The lowest BCUT2D eigenvalue weighted by Crippen LogP contribution is -2.12. The topological polar surface area (TPSA) is 49.3 Å². The van der Waals surface area contributed by atoms with E-state index < -0.39 is 17.5 Å². The molecule has 2 rings (SSSR count). The third-order valence-electron chi connectivity index (χ3n) is 2.38. The lowest BCUT2D eigenvalue weighted by molar-refractivity contribution is 0.102. The van der Waals surface area contributed by atoms with Gasteiger partial charge in [-0.05, 0) is 46.3 Å². The fourth-order valence-electron chi connectivity index (χ4n) is 1.48. The second kappa shape index (κ2) is 5.71. The van der Waals surface area contributed by atoms with Crippen LogP contribution in [-0.2, 0) is 0 Å². The number of halogens is 3. The molecule has 98 valence electrons. The Morgan fingerprint density at radius 1 is 1.16 bits per heavy atom. The summed E-state index contributed by atoms with van der Waals surface area (Å²) in [4.78, 5) is 12.0. The van der Waals surface area contributed by atoms with Crippen molar-refractivity contribution in [1.82, 2.24) is 0 Å². The van der Waals surface area contributed by atoms with Crippen LogP contribution in [-0.4, -0.2) is 11.0 Å². The van der Waals surface area contributed by atoms with Crippen molar-refractivity contribution in [3.8, 4) is 5.75 Å². The van der Waals surface area contributed by atoms with E-state index in [2.05, 4.69) is 37.2 Å². The molecule has 0 radical (unpaired) electrons. The lowest BCUT2D eigenvalue weighted by atomic mass is 10.2. The molecular weight excluding hydrogens is 381 g/mol. The first-order valence-electron chi connectivity index (χ1n) is 5.22. The van der Waals surface area contributed by atoms with Crippen LogP contribution in [0.4, 0.5) is 10.1 Å². The van der Waals surface area contributed by atoms with Crippen LogP contribution in [0.15, 0.2) is 45.3 Å². The molecule has 0 fully saturated rings. The highest BCUT2D eigenvalue weighted by molar-refractivity contribution is 9.11. The fourth-order valence-corrected chi connectivity index (χ4v) is 2.19. The van der Waals surface area contributed by atoms with Crippen LogP contribution in [0.25, 0.3) is 0 Å². The van der Waals surface area contributed by atoms with Crippen LogP contribution in [0.1, 0.15) is 10.4 Å². The summed E-state index contributed by atoms with van der Waals surface area (Å²) in [7, 11) is 0. The van der Waals surface area contributed by atoms with E-state index in [1.165, 1.54) is 6.07 Å². The van der Waals surface area contributed by atoms with E-state index in [9.17, 15) is 14.3 Å². The molecule has 0 unspecified atom stereocenters. The number of hydrogen-bond donors (Lipinski definition) is 2. The molecule has 0 aliphatic rings. The van der Waals surface area contributed by atoms with E-state index >= 15 is 0 Å². The highest BCUT2D eigenvalue weighted by Crippen LogP contribution is 2.27. The number of amides is 1. The van der Waals surface area contributed by atoms with Gasteiger partial charge < -0.3 is 10.4 Å². The van der Waals surface area contributed by atoms with Crippen LogP contribution < -0.4 is 5.32 Å². The summed E-state index contributed by atoms with van der Waals surface area (Å²) in [6, 6.07) is 8.53. The Balaban J connectivity index is 2.28. The molecule has 0 atom stereocenters. The zero-order valence-electron chi connectivity index (χ0n) is 9.45. The third-order valence-corrected chi connectivity index (χ3v) is 3.57. The van der Waals surface area contributed by atoms with Gasteiger partial charge in [-0.3, -0.25) is 4.79 Å². The Hall–Kier alpha value is -1.40. The molecule has 3 nitrogen and oxygen atoms in total. The molecule has 6 heteroatoms. The minimum Gasteiger partial charge on any atom is -0.507 e. The largest absolute Gasteiger partial charge is 0.507 e. The Kier molecular flexibility index (Phi) is 4.21. The van der Waals surface area contributed by atoms with Gasteiger partial charge in [0.25, 0.3) is 5.91 Å². The summed E-state index contributed by atoms with van der Waals surface area (Å²) in [6.07, 6.45) is 0. The summed E-state index contributed by atoms with van der Waals surface area (Å²) in [5.74, 6) is -1.52. The van der Waals surface area contributed by atoms with Crippen LogP contribution in [0.2, 0.25) is 0 Å². The minimum absolute atomic E-state index is 0.00766. The molecule has 1 amide bonds. The summed E-state index contributed by atoms with van der Waals surface area (Å²) in [6.45, 7) is 0. The Morgan fingerprint density at radius 2 is 1.89 bits per heavy atom. The van der Waals surface area contributed by atoms with Crippen LogP contribution in [0, 0.1) is 5.82 Å². The number of carbonyl (C=O) groups excluding carboxylic acids is 1. The predicted molar refractivity (Wildman–Crippen MR) is 77.9 cm³/mol. The van der Waals surface area contributed by atoms with Gasteiger partial charge >= 0.3 is 0 Å². The maximum atomic E-state index is 12.8. The Bertz CT molecular complexity index is 647. The molecule has 0 aliphatic carbocycles. The van der Waals surface area contributed by atoms with Crippen molar-refractivity contribution in [1.29, 1.82) is 0 Å². The van der Waals surface area contributed by atoms with E-state index in [-0.39, 0.29) is 5.56 Å². The number of phenolic OH excluding ortho intramolecular Hbond substituents is 1. The number of rotatable bonds is 2. The van der Waals surface area contributed by atoms with Gasteiger partial charge in [0.1, 0.15) is 11.6 Å². The van der Waals surface area contributed by atoms with Crippen molar-refractivity contribution in [3.05, 3.63) is 56.7 Å². The van der Waals surface area contributed by atoms with E-state index in [4.69, 9.17) is 0 Å². The molecule has 19 heavy (non-hydrogen) atoms. The van der Waals surface area contributed by atoms with Crippen molar-refractivity contribution in [3.63, 3.8) is 0 Å². The second-order valence-corrected chi connectivity index (χ2v) is 5.51. The molecule has 0 saturated carbocycles. The van der Waals surface area contributed by atoms with Crippen molar-refractivity contribution in [2.24, 2.45) is 0 Å². The van der Waals surface area contributed by atoms with Gasteiger partial charge in [0, 0.05) is 15.0 Å². The zero-order valence-corrected chi connectivity index (χ0v) is 12.6. The average Bonchev–Trinajstić information content (AvgIpc) is 2.33. The average molecular weight is 389 g/mol. The molecule has 0 bridgehead atoms. The Labute approximate surface area is 125 Å². The summed E-state index contributed by atoms with van der Waals surface area (Å²) in [5, 5.41) is 12.2. The first-order valence-corrected chi connectivity index (χ1v) is 6.81. The van der Waals surface area contributed by atoms with Gasteiger partial charge in [-0.2, -0.15) is 0 Å². The van der Waals surface area contributed by atoms with Gasteiger partial charge in [0.2, 0.25) is 0 Å². The first-order chi connectivity index (χ1) is 8.97. The highest BCUT2D eigenvalue weighted by Gasteiger charge is 2.13. The molecular formula is C13H8Br2FNO2. The summed E-state index contributed by atoms with van der Waals surface area (Å²) < 4.78 is 14.3. The standard InChI is InChI=1S/C13H8Br2FNO2/c14-7-1-4-10(15)11(5-7)17-13(19)9-3-2-8(16)6-12(9)18/h1-6,18H,(H,17,19). The lowest BCUT2D eigenvalue weighted by Gasteiger charge is -2.09. The SMILES string of the molecule is O=C(Nc1cc(Br)ccc1Br)c1ccc(F)cc1O. The quantitative estimate of drug-likeness (QED) is 0.805. The number of nitrogens with one attached hydrogen (secondary N) is 1. The van der Waals surface area contributed by atoms with E-state index in [0.29, 0.717) is 10.2 Å². The van der Waals surface area contributed by atoms with Gasteiger partial charge in [0.05, 0.1) is 11.3 Å². The number of hydrogen-bond acceptors (Lipinski definition) is 2. The van der Waals surface area contributed by atoms with Gasteiger partial charge in [0.15, 0.2) is 0 Å². The van der Waals surface area contributed by atoms with E-state index in [0.717, 1.165) is 16.6 Å². The smallest absolute Gasteiger partial charge is 0.259 e. The minimum atomic E-state index is -0.599.